The minimum atomic E-state index is -1.13. The standard InChI is InChI=1S/C17H32N4O5S2/c1-9(2)7-13(16(24)20-12(17(25)26)5-6-28-4)21-14(22)10(3)19-15(23)11(18)8-27/h9-13,27H,5-8,18H2,1-4H3,(H,19,23)(H,20,24)(H,21,22)(H,25,26). The lowest BCUT2D eigenvalue weighted by atomic mass is 10.0. The average Bonchev–Trinajstić information content (AvgIpc) is 2.62. The second kappa shape index (κ2) is 13.7. The molecular weight excluding hydrogens is 404 g/mol. The summed E-state index contributed by atoms with van der Waals surface area (Å²) in [6, 6.07) is -3.70. The van der Waals surface area contributed by atoms with Crippen LogP contribution in [0.15, 0.2) is 0 Å². The molecule has 0 aliphatic rings. The molecule has 4 atom stereocenters. The number of thiol groups is 1. The third-order valence-corrected chi connectivity index (χ3v) is 4.89. The molecule has 6 N–H and O–H groups in total. The molecule has 9 nitrogen and oxygen atoms in total. The Labute approximate surface area is 175 Å². The Morgan fingerprint density at radius 1 is 1.00 bits per heavy atom. The van der Waals surface area contributed by atoms with Crippen molar-refractivity contribution in [1.29, 1.82) is 0 Å². The molecule has 0 heterocycles. The van der Waals surface area contributed by atoms with Crippen molar-refractivity contribution in [3.63, 3.8) is 0 Å². The molecule has 4 unspecified atom stereocenters. The first-order valence-electron chi connectivity index (χ1n) is 9.02. The lowest BCUT2D eigenvalue weighted by Gasteiger charge is -2.24. The first-order valence-corrected chi connectivity index (χ1v) is 11.0. The van der Waals surface area contributed by atoms with Crippen LogP contribution in [0.5, 0.6) is 0 Å². The van der Waals surface area contributed by atoms with Gasteiger partial charge in [0.2, 0.25) is 17.7 Å². The van der Waals surface area contributed by atoms with Gasteiger partial charge in [-0.25, -0.2) is 4.79 Å². The Bertz CT molecular complexity index is 548. The molecule has 0 aromatic rings. The maximum Gasteiger partial charge on any atom is 0.326 e. The maximum absolute atomic E-state index is 12.6. The van der Waals surface area contributed by atoms with Crippen LogP contribution in [0, 0.1) is 5.92 Å². The van der Waals surface area contributed by atoms with Crippen LogP contribution in [-0.2, 0) is 19.2 Å². The van der Waals surface area contributed by atoms with Crippen molar-refractivity contribution < 1.29 is 24.3 Å². The van der Waals surface area contributed by atoms with Crippen LogP contribution >= 0.6 is 24.4 Å². The normalized spacial score (nSPS) is 15.2. The van der Waals surface area contributed by atoms with Crippen LogP contribution < -0.4 is 21.7 Å². The number of carboxylic acid groups (broad SMARTS) is 1. The molecule has 0 spiro atoms. The highest BCUT2D eigenvalue weighted by Crippen LogP contribution is 2.08. The van der Waals surface area contributed by atoms with Gasteiger partial charge in [-0.05, 0) is 37.7 Å². The van der Waals surface area contributed by atoms with Crippen molar-refractivity contribution in [3.05, 3.63) is 0 Å². The Morgan fingerprint density at radius 2 is 1.57 bits per heavy atom. The molecule has 0 aromatic heterocycles. The van der Waals surface area contributed by atoms with E-state index in [0.717, 1.165) is 0 Å². The predicted molar refractivity (Wildman–Crippen MR) is 113 cm³/mol. The smallest absolute Gasteiger partial charge is 0.326 e. The van der Waals surface area contributed by atoms with E-state index in [9.17, 15) is 24.3 Å². The van der Waals surface area contributed by atoms with Gasteiger partial charge in [0.05, 0.1) is 6.04 Å². The number of aliphatic carboxylic acids is 1. The SMILES string of the molecule is CSCCC(NC(=O)C(CC(C)C)NC(=O)C(C)NC(=O)C(N)CS)C(=O)O. The Balaban J connectivity index is 5.04. The Kier molecular flexibility index (Phi) is 13.0. The van der Waals surface area contributed by atoms with Gasteiger partial charge < -0.3 is 26.8 Å². The fourth-order valence-corrected chi connectivity index (χ4v) is 2.87. The number of carbonyl (C=O) groups excluding carboxylic acids is 3. The van der Waals surface area contributed by atoms with E-state index in [-0.39, 0.29) is 18.1 Å². The Morgan fingerprint density at radius 3 is 2.04 bits per heavy atom. The molecule has 11 heteroatoms. The third-order valence-electron chi connectivity index (χ3n) is 3.85. The first-order chi connectivity index (χ1) is 13.0. The molecule has 162 valence electrons. The first kappa shape index (κ1) is 26.5. The predicted octanol–water partition coefficient (Wildman–Crippen LogP) is -0.398. The van der Waals surface area contributed by atoms with Gasteiger partial charge in [0.25, 0.3) is 0 Å². The summed E-state index contributed by atoms with van der Waals surface area (Å²) >= 11 is 5.41. The maximum atomic E-state index is 12.6. The van der Waals surface area contributed by atoms with E-state index in [2.05, 4.69) is 28.6 Å². The van der Waals surface area contributed by atoms with Gasteiger partial charge in [-0.2, -0.15) is 24.4 Å². The largest absolute Gasteiger partial charge is 0.480 e. The van der Waals surface area contributed by atoms with E-state index in [1.807, 2.05) is 20.1 Å². The van der Waals surface area contributed by atoms with Crippen LogP contribution in [0.2, 0.25) is 0 Å². The van der Waals surface area contributed by atoms with Crippen LogP contribution in [0.1, 0.15) is 33.6 Å². The number of carboxylic acids is 1. The highest BCUT2D eigenvalue weighted by molar-refractivity contribution is 7.98. The van der Waals surface area contributed by atoms with Crippen LogP contribution in [0.25, 0.3) is 0 Å². The molecule has 0 saturated carbocycles. The second-order valence-electron chi connectivity index (χ2n) is 6.89. The molecule has 0 saturated heterocycles. The molecule has 3 amide bonds. The van der Waals surface area contributed by atoms with Crippen molar-refractivity contribution in [1.82, 2.24) is 16.0 Å². The zero-order valence-electron chi connectivity index (χ0n) is 16.7. The lowest BCUT2D eigenvalue weighted by molar-refractivity contribution is -0.142. The van der Waals surface area contributed by atoms with E-state index in [1.165, 1.54) is 18.7 Å². The van der Waals surface area contributed by atoms with Gasteiger partial charge in [-0.15, -0.1) is 0 Å². The van der Waals surface area contributed by atoms with Crippen LogP contribution in [0.4, 0.5) is 0 Å². The topological polar surface area (TPSA) is 151 Å². The zero-order chi connectivity index (χ0) is 21.9. The fourth-order valence-electron chi connectivity index (χ4n) is 2.23. The summed E-state index contributed by atoms with van der Waals surface area (Å²) in [4.78, 5) is 48.1. The van der Waals surface area contributed by atoms with Crippen LogP contribution in [-0.4, -0.2) is 70.7 Å². The van der Waals surface area contributed by atoms with Gasteiger partial charge in [-0.3, -0.25) is 14.4 Å². The highest BCUT2D eigenvalue weighted by atomic mass is 32.2. The molecule has 0 bridgehead atoms. The lowest BCUT2D eigenvalue weighted by Crippen LogP contribution is -2.56. The number of thioether (sulfide) groups is 1. The number of nitrogens with two attached hydrogens (primary N) is 1. The van der Waals surface area contributed by atoms with E-state index < -0.39 is 47.9 Å². The number of hydrogen-bond donors (Lipinski definition) is 6. The monoisotopic (exact) mass is 436 g/mol. The average molecular weight is 437 g/mol. The molecule has 0 rings (SSSR count). The summed E-state index contributed by atoms with van der Waals surface area (Å²) in [5.41, 5.74) is 5.56. The van der Waals surface area contributed by atoms with Crippen molar-refractivity contribution in [2.75, 3.05) is 17.8 Å². The minimum Gasteiger partial charge on any atom is -0.480 e. The van der Waals surface area contributed by atoms with Crippen molar-refractivity contribution in [2.24, 2.45) is 11.7 Å². The minimum absolute atomic E-state index is 0.0769. The van der Waals surface area contributed by atoms with Crippen molar-refractivity contribution >= 4 is 48.1 Å². The highest BCUT2D eigenvalue weighted by Gasteiger charge is 2.29. The van der Waals surface area contributed by atoms with Gasteiger partial charge in [0.1, 0.15) is 18.1 Å². The Hall–Kier alpha value is -1.46. The van der Waals surface area contributed by atoms with Gasteiger partial charge in [-0.1, -0.05) is 13.8 Å². The summed E-state index contributed by atoms with van der Waals surface area (Å²) in [5.74, 6) is -1.99. The summed E-state index contributed by atoms with van der Waals surface area (Å²) < 4.78 is 0. The van der Waals surface area contributed by atoms with E-state index in [4.69, 9.17) is 5.73 Å². The number of nitrogens with one attached hydrogen (secondary N) is 3. The third kappa shape index (κ3) is 10.2. The van der Waals surface area contributed by atoms with Gasteiger partial charge in [0, 0.05) is 5.75 Å². The summed E-state index contributed by atoms with van der Waals surface area (Å²) in [6.07, 6.45) is 2.44. The van der Waals surface area contributed by atoms with E-state index in [0.29, 0.717) is 12.2 Å². The second-order valence-corrected chi connectivity index (χ2v) is 8.24. The summed E-state index contributed by atoms with van der Waals surface area (Å²) in [7, 11) is 0. The van der Waals surface area contributed by atoms with E-state index in [1.54, 1.807) is 0 Å². The molecule has 0 aliphatic heterocycles. The van der Waals surface area contributed by atoms with Crippen molar-refractivity contribution in [2.45, 2.75) is 57.8 Å². The molecule has 0 radical (unpaired) electrons. The van der Waals surface area contributed by atoms with E-state index >= 15 is 0 Å². The van der Waals surface area contributed by atoms with Crippen LogP contribution in [0.3, 0.4) is 0 Å². The quantitative estimate of drug-likeness (QED) is 0.215. The van der Waals surface area contributed by atoms with Gasteiger partial charge >= 0.3 is 5.97 Å². The molecule has 0 fully saturated rings. The molecule has 28 heavy (non-hydrogen) atoms. The van der Waals surface area contributed by atoms with Gasteiger partial charge in [0.15, 0.2) is 0 Å². The zero-order valence-corrected chi connectivity index (χ0v) is 18.4. The number of amides is 3. The number of hydrogen-bond acceptors (Lipinski definition) is 7. The molecular formula is C17H32N4O5S2. The summed E-state index contributed by atoms with van der Waals surface area (Å²) in [6.45, 7) is 5.23. The number of rotatable bonds is 13. The summed E-state index contributed by atoms with van der Waals surface area (Å²) in [5, 5.41) is 16.8. The fraction of sp³-hybridized carbons (Fsp3) is 0.765. The number of carbonyl (C=O) groups is 4. The molecule has 0 aliphatic carbocycles. The molecule has 0 aromatic carbocycles. The van der Waals surface area contributed by atoms with Crippen molar-refractivity contribution in [3.8, 4) is 0 Å².